The van der Waals surface area contributed by atoms with Gasteiger partial charge in [0.15, 0.2) is 0 Å². The van der Waals surface area contributed by atoms with Gasteiger partial charge in [-0.25, -0.2) is 4.98 Å². The second kappa shape index (κ2) is 5.48. The molecule has 1 aliphatic heterocycles. The quantitative estimate of drug-likeness (QED) is 0.896. The molecule has 0 aromatic carbocycles. The van der Waals surface area contributed by atoms with Gasteiger partial charge >= 0.3 is 0 Å². The molecule has 2 aromatic heterocycles. The fourth-order valence-electron chi connectivity index (χ4n) is 2.76. The Morgan fingerprint density at radius 2 is 2.14 bits per heavy atom. The Morgan fingerprint density at radius 3 is 2.76 bits per heavy atom. The Kier molecular flexibility index (Phi) is 3.67. The molecule has 3 heterocycles. The van der Waals surface area contributed by atoms with Crippen molar-refractivity contribution in [1.82, 2.24) is 9.97 Å². The first-order chi connectivity index (χ1) is 10.1. The molecule has 1 saturated heterocycles. The number of primary amides is 1. The van der Waals surface area contributed by atoms with Crippen LogP contribution < -0.4 is 16.4 Å². The third-order valence-electron chi connectivity index (χ3n) is 3.99. The fraction of sp³-hybridized carbons (Fsp3) is 0.500. The Labute approximate surface area is 127 Å². The lowest BCUT2D eigenvalue weighted by atomic mass is 9.96. The van der Waals surface area contributed by atoms with Crippen LogP contribution in [0, 0.1) is 5.92 Å². The highest BCUT2D eigenvalue weighted by atomic mass is 32.1. The van der Waals surface area contributed by atoms with Crippen LogP contribution in [0.5, 0.6) is 0 Å². The lowest BCUT2D eigenvalue weighted by molar-refractivity contribution is -0.122. The largest absolute Gasteiger partial charge is 0.369 e. The zero-order chi connectivity index (χ0) is 15.0. The van der Waals surface area contributed by atoms with Crippen LogP contribution in [0.25, 0.3) is 10.2 Å². The summed E-state index contributed by atoms with van der Waals surface area (Å²) in [5.41, 5.74) is 11.2. The van der Waals surface area contributed by atoms with Crippen LogP contribution in [0.2, 0.25) is 0 Å². The summed E-state index contributed by atoms with van der Waals surface area (Å²) in [4.78, 5) is 24.4. The highest BCUT2D eigenvalue weighted by Crippen LogP contribution is 2.33. The van der Waals surface area contributed by atoms with Crippen molar-refractivity contribution in [2.24, 2.45) is 11.7 Å². The molecule has 6 nitrogen and oxygen atoms in total. The molecule has 0 radical (unpaired) electrons. The van der Waals surface area contributed by atoms with E-state index in [0.717, 1.165) is 48.4 Å². The van der Waals surface area contributed by atoms with Crippen molar-refractivity contribution in [2.75, 3.05) is 23.7 Å². The van der Waals surface area contributed by atoms with Crippen LogP contribution >= 0.6 is 11.3 Å². The molecule has 112 valence electrons. The Bertz CT molecular complexity index is 675. The van der Waals surface area contributed by atoms with Gasteiger partial charge in [-0.2, -0.15) is 4.98 Å². The topological polar surface area (TPSA) is 98.1 Å². The van der Waals surface area contributed by atoms with Crippen molar-refractivity contribution in [3.05, 3.63) is 10.9 Å². The van der Waals surface area contributed by atoms with Crippen molar-refractivity contribution >= 4 is 39.2 Å². The van der Waals surface area contributed by atoms with E-state index in [4.69, 9.17) is 11.5 Å². The van der Waals surface area contributed by atoms with Gasteiger partial charge in [0.25, 0.3) is 0 Å². The van der Waals surface area contributed by atoms with Gasteiger partial charge in [0.1, 0.15) is 10.6 Å². The highest BCUT2D eigenvalue weighted by Gasteiger charge is 2.25. The molecule has 0 atom stereocenters. The van der Waals surface area contributed by atoms with E-state index in [2.05, 4.69) is 27.9 Å². The number of rotatable bonds is 3. The monoisotopic (exact) mass is 305 g/mol. The average molecular weight is 305 g/mol. The number of anilines is 2. The van der Waals surface area contributed by atoms with Crippen LogP contribution in [0.1, 0.15) is 24.6 Å². The van der Waals surface area contributed by atoms with Gasteiger partial charge in [-0.05, 0) is 25.3 Å². The van der Waals surface area contributed by atoms with Gasteiger partial charge in [-0.3, -0.25) is 4.79 Å². The summed E-state index contributed by atoms with van der Waals surface area (Å²) in [6, 6.07) is 2.15. The number of hydrogen-bond acceptors (Lipinski definition) is 6. The second-order valence-corrected chi connectivity index (χ2v) is 6.47. The van der Waals surface area contributed by atoms with E-state index in [9.17, 15) is 4.79 Å². The van der Waals surface area contributed by atoms with Crippen molar-refractivity contribution in [1.29, 1.82) is 0 Å². The van der Waals surface area contributed by atoms with Gasteiger partial charge < -0.3 is 16.4 Å². The van der Waals surface area contributed by atoms with Gasteiger partial charge in [-0.15, -0.1) is 11.3 Å². The van der Waals surface area contributed by atoms with E-state index in [1.807, 2.05) is 0 Å². The first kappa shape index (κ1) is 14.1. The smallest absolute Gasteiger partial charge is 0.223 e. The van der Waals surface area contributed by atoms with E-state index in [1.165, 1.54) is 4.88 Å². The van der Waals surface area contributed by atoms with Gasteiger partial charge in [0.05, 0.1) is 5.39 Å². The van der Waals surface area contributed by atoms with E-state index in [-0.39, 0.29) is 11.8 Å². The first-order valence-corrected chi connectivity index (χ1v) is 8.00. The van der Waals surface area contributed by atoms with Gasteiger partial charge in [0.2, 0.25) is 11.9 Å². The normalized spacial score (nSPS) is 16.5. The average Bonchev–Trinajstić information content (AvgIpc) is 2.89. The number of nitrogens with two attached hydrogens (primary N) is 2. The molecular formula is C14H19N5OS. The minimum atomic E-state index is -0.203. The Balaban J connectivity index is 1.93. The number of piperidine rings is 1. The zero-order valence-electron chi connectivity index (χ0n) is 12.0. The summed E-state index contributed by atoms with van der Waals surface area (Å²) in [5, 5.41) is 1.06. The number of carbonyl (C=O) groups is 1. The molecule has 1 amide bonds. The maximum absolute atomic E-state index is 11.3. The first-order valence-electron chi connectivity index (χ1n) is 7.18. The van der Waals surface area contributed by atoms with E-state index in [0.29, 0.717) is 5.95 Å². The number of thiophene rings is 1. The molecule has 0 unspecified atom stereocenters. The molecule has 0 aliphatic carbocycles. The van der Waals surface area contributed by atoms with Crippen LogP contribution in [-0.4, -0.2) is 29.0 Å². The molecule has 0 saturated carbocycles. The highest BCUT2D eigenvalue weighted by molar-refractivity contribution is 7.18. The van der Waals surface area contributed by atoms with Gasteiger partial charge in [0, 0.05) is 23.9 Å². The molecular weight excluding hydrogens is 286 g/mol. The summed E-state index contributed by atoms with van der Waals surface area (Å²) in [6.07, 6.45) is 2.52. The van der Waals surface area contributed by atoms with Crippen LogP contribution in [-0.2, 0) is 11.2 Å². The molecule has 3 rings (SSSR count). The van der Waals surface area contributed by atoms with Crippen molar-refractivity contribution < 1.29 is 4.79 Å². The SMILES string of the molecule is CCc1cc2c(N3CCC(C(N)=O)CC3)nc(N)nc2s1. The molecule has 1 aliphatic rings. The summed E-state index contributed by atoms with van der Waals surface area (Å²) in [5.74, 6) is 0.964. The van der Waals surface area contributed by atoms with Crippen molar-refractivity contribution in [3.8, 4) is 0 Å². The maximum atomic E-state index is 11.3. The lowest BCUT2D eigenvalue weighted by Crippen LogP contribution is -2.39. The molecule has 21 heavy (non-hydrogen) atoms. The summed E-state index contributed by atoms with van der Waals surface area (Å²) < 4.78 is 0. The van der Waals surface area contributed by atoms with E-state index >= 15 is 0 Å². The second-order valence-electron chi connectivity index (χ2n) is 5.35. The number of nitrogens with zero attached hydrogens (tertiary/aromatic N) is 3. The standard InChI is InChI=1S/C14H19N5OS/c1-2-9-7-10-12(17-14(16)18-13(10)21-9)19-5-3-8(4-6-19)11(15)20/h7-8H,2-6H2,1H3,(H2,15,20)(H2,16,17,18). The molecule has 7 heteroatoms. The minimum Gasteiger partial charge on any atom is -0.369 e. The van der Waals surface area contributed by atoms with Crippen LogP contribution in [0.3, 0.4) is 0 Å². The lowest BCUT2D eigenvalue weighted by Gasteiger charge is -2.31. The number of carbonyl (C=O) groups excluding carboxylic acids is 1. The Hall–Kier alpha value is -1.89. The van der Waals surface area contributed by atoms with Crippen LogP contribution in [0.15, 0.2) is 6.07 Å². The summed E-state index contributed by atoms with van der Waals surface area (Å²) in [7, 11) is 0. The number of aromatic nitrogens is 2. The third kappa shape index (κ3) is 2.65. The molecule has 0 spiro atoms. The summed E-state index contributed by atoms with van der Waals surface area (Å²) >= 11 is 1.66. The maximum Gasteiger partial charge on any atom is 0.223 e. The molecule has 1 fully saturated rings. The number of nitrogen functional groups attached to an aromatic ring is 1. The number of fused-ring (bicyclic) bond motifs is 1. The molecule has 0 bridgehead atoms. The summed E-state index contributed by atoms with van der Waals surface area (Å²) in [6.45, 7) is 3.67. The zero-order valence-corrected chi connectivity index (χ0v) is 12.8. The van der Waals surface area contributed by atoms with Crippen LogP contribution in [0.4, 0.5) is 11.8 Å². The predicted octanol–water partition coefficient (Wildman–Crippen LogP) is 1.54. The van der Waals surface area contributed by atoms with E-state index < -0.39 is 0 Å². The van der Waals surface area contributed by atoms with Crippen molar-refractivity contribution in [3.63, 3.8) is 0 Å². The third-order valence-corrected chi connectivity index (χ3v) is 5.16. The number of aryl methyl sites for hydroxylation is 1. The fourth-order valence-corrected chi connectivity index (χ4v) is 3.73. The predicted molar refractivity (Wildman–Crippen MR) is 85.3 cm³/mol. The molecule has 4 N–H and O–H groups in total. The number of amides is 1. The van der Waals surface area contributed by atoms with Crippen molar-refractivity contribution in [2.45, 2.75) is 26.2 Å². The minimum absolute atomic E-state index is 0.0235. The number of hydrogen-bond donors (Lipinski definition) is 2. The van der Waals surface area contributed by atoms with E-state index in [1.54, 1.807) is 11.3 Å². The molecule has 2 aromatic rings. The van der Waals surface area contributed by atoms with Gasteiger partial charge in [-0.1, -0.05) is 6.92 Å². The Morgan fingerprint density at radius 1 is 1.43 bits per heavy atom.